The predicted octanol–water partition coefficient (Wildman–Crippen LogP) is 14.6. The Morgan fingerprint density at radius 1 is 0.464 bits per heavy atom. The quantitative estimate of drug-likeness (QED) is 0.0260. The lowest BCUT2D eigenvalue weighted by Crippen LogP contribution is -2.32. The van der Waals surface area contributed by atoms with Crippen molar-refractivity contribution in [2.75, 3.05) is 54.3 Å². The number of nitrogens with zero attached hydrogens (tertiary/aromatic N) is 12. The molecule has 0 saturated heterocycles. The Labute approximate surface area is 659 Å². The molecule has 0 fully saturated rings. The van der Waals surface area contributed by atoms with Crippen molar-refractivity contribution in [3.63, 3.8) is 0 Å². The molecule has 9 aromatic rings. The van der Waals surface area contributed by atoms with Crippen LogP contribution in [0.1, 0.15) is 137 Å². The number of hydrogen-bond acceptors (Lipinski definition) is 21. The van der Waals surface area contributed by atoms with E-state index in [-0.39, 0.29) is 117 Å². The lowest BCUT2D eigenvalue weighted by atomic mass is 10.0. The number of methoxy groups -OCH3 is 3. The minimum absolute atomic E-state index is 0. The fourth-order valence-corrected chi connectivity index (χ4v) is 12.5. The van der Waals surface area contributed by atoms with E-state index in [1.54, 1.807) is 53.2 Å². The molecule has 30 nitrogen and oxygen atoms in total. The molecule has 0 saturated carbocycles. The van der Waals surface area contributed by atoms with Gasteiger partial charge < -0.3 is 30.2 Å². The van der Waals surface area contributed by atoms with Gasteiger partial charge in [-0.05, 0) is 136 Å². The Balaban J connectivity index is 0.000000303. The minimum Gasteiger partial charge on any atom is -0.453 e. The predicted molar refractivity (Wildman–Crippen MR) is 421 cm³/mol. The summed E-state index contributed by atoms with van der Waals surface area (Å²) in [5.74, 6) is -1.21. The average molecular weight is 1650 g/mol. The zero-order valence-electron chi connectivity index (χ0n) is 65.0. The van der Waals surface area contributed by atoms with Crippen LogP contribution in [-0.4, -0.2) is 161 Å². The van der Waals surface area contributed by atoms with Crippen molar-refractivity contribution >= 4 is 100 Å². The smallest absolute Gasteiger partial charge is 0.407 e. The van der Waals surface area contributed by atoms with Crippen LogP contribution in [0.25, 0.3) is 67.5 Å². The Kier molecular flexibility index (Phi) is 30.5. The van der Waals surface area contributed by atoms with Crippen molar-refractivity contribution in [3.8, 4) is 67.5 Å². The number of ether oxygens (including phenoxy) is 3. The van der Waals surface area contributed by atoms with Crippen molar-refractivity contribution in [1.29, 1.82) is 0 Å². The first-order valence-electron chi connectivity index (χ1n) is 34.9. The van der Waals surface area contributed by atoms with Gasteiger partial charge in [0.1, 0.15) is 34.6 Å². The second-order valence-corrected chi connectivity index (χ2v) is 31.8. The van der Waals surface area contributed by atoms with Crippen LogP contribution in [0.5, 0.6) is 0 Å². The van der Waals surface area contributed by atoms with Crippen molar-refractivity contribution < 1.29 is 72.5 Å². The first-order valence-corrected chi connectivity index (χ1v) is 39.7. The molecule has 6 heterocycles. The number of benzene rings is 3. The van der Waals surface area contributed by atoms with E-state index in [0.29, 0.717) is 78.5 Å². The molecule has 0 aliphatic rings. The summed E-state index contributed by atoms with van der Waals surface area (Å²) in [5, 5.41) is 21.6. The fourth-order valence-electron chi connectivity index (χ4n) is 10.2. The van der Waals surface area contributed by atoms with E-state index in [1.165, 1.54) is 70.1 Å². The van der Waals surface area contributed by atoms with Gasteiger partial charge in [0.05, 0.1) is 75.6 Å². The summed E-state index contributed by atoms with van der Waals surface area (Å²) in [7, 11) is -7.51. The maximum absolute atomic E-state index is 15.7. The van der Waals surface area contributed by atoms with Crippen molar-refractivity contribution in [2.45, 2.75) is 152 Å². The largest absolute Gasteiger partial charge is 0.453 e. The molecule has 1 unspecified atom stereocenters. The van der Waals surface area contributed by atoms with E-state index < -0.39 is 84.4 Å². The number of carbonyl (C=O) groups excluding carboxylic acids is 3. The molecule has 6 N–H and O–H groups in total. The molecular weight excluding hydrogens is 1560 g/mol. The molecule has 110 heavy (non-hydrogen) atoms. The summed E-state index contributed by atoms with van der Waals surface area (Å²) >= 11 is 18.6. The Morgan fingerprint density at radius 3 is 0.973 bits per heavy atom. The van der Waals surface area contributed by atoms with Crippen LogP contribution in [0.4, 0.5) is 44.6 Å². The van der Waals surface area contributed by atoms with E-state index in [2.05, 4.69) is 89.5 Å². The second kappa shape index (κ2) is 39.7. The number of nitrogens with one attached hydrogen (secondary N) is 6. The van der Waals surface area contributed by atoms with Crippen LogP contribution < -0.4 is 30.1 Å². The van der Waals surface area contributed by atoms with E-state index in [0.717, 1.165) is 36.4 Å². The molecule has 9 rings (SSSR count). The summed E-state index contributed by atoms with van der Waals surface area (Å²) in [6.45, 7) is 11.5. The van der Waals surface area contributed by atoms with Crippen molar-refractivity contribution in [2.24, 2.45) is 0 Å². The number of halogens is 6. The Morgan fingerprint density at radius 2 is 0.727 bits per heavy atom. The lowest BCUT2D eigenvalue weighted by molar-refractivity contribution is 0.166. The summed E-state index contributed by atoms with van der Waals surface area (Å²) in [6, 6.07) is 9.42. The number of anilines is 3. The van der Waals surface area contributed by atoms with Gasteiger partial charge in [-0.1, -0.05) is 49.7 Å². The Hall–Kier alpha value is -9.75. The molecule has 3 amide bonds. The zero-order valence-corrected chi connectivity index (χ0v) is 65.8. The first kappa shape index (κ1) is 84.3. The van der Waals surface area contributed by atoms with E-state index in [4.69, 9.17) is 40.3 Å². The van der Waals surface area contributed by atoms with Crippen LogP contribution in [0.2, 0.25) is 15.1 Å². The number of sulfonamides is 3. The van der Waals surface area contributed by atoms with Gasteiger partial charge in [0, 0.05) is 145 Å². The van der Waals surface area contributed by atoms with E-state index in [9.17, 15) is 39.6 Å². The number of amides is 3. The molecule has 3 aromatic carbocycles. The Bertz CT molecular complexity index is 5060. The number of alkyl carbamates (subject to hydrolysis) is 3. The SMILES string of the molecule is C.C.COC(=O)N[C@@H](C)CCc1nccc(-c2cn(C(C)C)nc2-c2cc(Cl)cc(NS(C)(=O)=O)c2F)n1.COC(=O)N[C@@H](C)CCc1nccc(-c2cn(C(C)C)nc2-c2cc(Cl)cc(NS(C)(=O)=O)c2F)n1.[2H]C([2H])([2H])C([2H])(C)n1cc(-c2ccnc(CC[C@H](C)NC(=O)OC)n2)c(-c2cc(Cl)cc(NS(C)(=O)=O)c2F)n1. The molecule has 39 heteroatoms. The molecular formula is C71H92Cl3F3N18O12S3. The zero-order chi connectivity index (χ0) is 83.3. The maximum Gasteiger partial charge on any atom is 0.407 e. The third-order valence-corrected chi connectivity index (χ3v) is 17.8. The van der Waals surface area contributed by atoms with Crippen LogP contribution in [-0.2, 0) is 63.5 Å². The molecule has 0 aliphatic carbocycles. The molecule has 598 valence electrons. The van der Waals surface area contributed by atoms with Crippen molar-refractivity contribution in [3.05, 3.63) is 142 Å². The topological polar surface area (TPSA) is 384 Å². The number of aromatic nitrogens is 12. The van der Waals surface area contributed by atoms with Gasteiger partial charge in [0.15, 0.2) is 17.5 Å². The summed E-state index contributed by atoms with van der Waals surface area (Å²) in [6.07, 6.45) is 13.3. The standard InChI is InChI=1S/3C23H28ClFN6O4S.2CH4/c3*1-13(2)31-12-17(18-8-9-26-20(28-18)7-6-14(3)27-23(32)35-4)22(29-31)16-10-15(24)11-19(21(16)25)30-36(5,33)34;;/h3*8-14,30H,6-7H2,1-5H3,(H,27,32);2*1H4/t3*14-;;/m000../s1/i1D3,13D;;;;/t13?,14-;2m;;. The highest BCUT2D eigenvalue weighted by Crippen LogP contribution is 2.41. The molecule has 0 spiro atoms. The fraction of sp³-hybridized carbons (Fsp3) is 0.408. The number of aryl methyl sites for hydroxylation is 3. The summed E-state index contributed by atoms with van der Waals surface area (Å²) in [5.41, 5.74) is 1.66. The molecule has 0 radical (unpaired) electrons. The minimum atomic E-state index is -3.88. The third-order valence-electron chi connectivity index (χ3n) is 15.3. The van der Waals surface area contributed by atoms with Crippen LogP contribution in [0.3, 0.4) is 0 Å². The highest BCUT2D eigenvalue weighted by Gasteiger charge is 2.28. The van der Waals surface area contributed by atoms with Crippen LogP contribution in [0.15, 0.2) is 91.8 Å². The van der Waals surface area contributed by atoms with Crippen molar-refractivity contribution in [1.82, 2.24) is 75.2 Å². The molecule has 0 aliphatic heterocycles. The van der Waals surface area contributed by atoms with Crippen LogP contribution >= 0.6 is 34.8 Å². The second-order valence-electron chi connectivity index (χ2n) is 25.2. The van der Waals surface area contributed by atoms with Gasteiger partial charge in [-0.25, -0.2) is 82.7 Å². The number of hydrogen-bond donors (Lipinski definition) is 6. The highest BCUT2D eigenvalue weighted by atomic mass is 35.5. The van der Waals surface area contributed by atoms with E-state index in [1.807, 2.05) is 41.5 Å². The number of rotatable bonds is 27. The third kappa shape index (κ3) is 26.2. The molecule has 0 bridgehead atoms. The molecule has 4 atom stereocenters. The van der Waals surface area contributed by atoms with Gasteiger partial charge in [-0.15, -0.1) is 0 Å². The maximum atomic E-state index is 15.7. The van der Waals surface area contributed by atoms with Gasteiger partial charge in [0.2, 0.25) is 30.1 Å². The average Bonchev–Trinajstić information content (AvgIpc) is 1.59. The van der Waals surface area contributed by atoms with E-state index >= 15 is 13.2 Å². The first-order chi connectivity index (χ1) is 52.2. The molecule has 6 aromatic heterocycles. The van der Waals surface area contributed by atoms with Gasteiger partial charge >= 0.3 is 18.3 Å². The highest BCUT2D eigenvalue weighted by molar-refractivity contribution is 7.92. The summed E-state index contributed by atoms with van der Waals surface area (Å²) in [4.78, 5) is 60.9. The number of carbonyl (C=O) groups is 3. The van der Waals surface area contributed by atoms with Crippen LogP contribution in [0, 0.1) is 17.5 Å². The van der Waals surface area contributed by atoms with Gasteiger partial charge in [0.25, 0.3) is 0 Å². The van der Waals surface area contributed by atoms with Gasteiger partial charge in [-0.3, -0.25) is 28.2 Å². The van der Waals surface area contributed by atoms with Gasteiger partial charge in [-0.2, -0.15) is 15.3 Å². The normalized spacial score (nSPS) is 13.4. The monoisotopic (exact) mass is 1650 g/mol. The summed E-state index contributed by atoms with van der Waals surface area (Å²) < 4.78 is 173. The lowest BCUT2D eigenvalue weighted by Gasteiger charge is -2.12.